The van der Waals surface area contributed by atoms with E-state index in [1.165, 1.54) is 11.9 Å². The normalized spacial score (nSPS) is 28.3. The van der Waals surface area contributed by atoms with Crippen LogP contribution < -0.4 is 5.32 Å². The minimum atomic E-state index is -0.431. The first-order valence-electron chi connectivity index (χ1n) is 5.63. The zero-order chi connectivity index (χ0) is 12.6. The van der Waals surface area contributed by atoms with Gasteiger partial charge in [-0.3, -0.25) is 19.5 Å². The van der Waals surface area contributed by atoms with Crippen molar-refractivity contribution < 1.29 is 9.59 Å². The summed E-state index contributed by atoms with van der Waals surface area (Å²) in [4.78, 5) is 28.6. The number of hydrogen-bond donors (Lipinski definition) is 1. The Morgan fingerprint density at radius 1 is 1.47 bits per heavy atom. The second kappa shape index (κ2) is 4.33. The van der Waals surface area contributed by atoms with E-state index in [2.05, 4.69) is 24.2 Å². The summed E-state index contributed by atoms with van der Waals surface area (Å²) in [6, 6.07) is -0.431. The fourth-order valence-electron chi connectivity index (χ4n) is 1.75. The monoisotopic (exact) mass is 255 g/mol. The number of aliphatic imine (C=N–C) groups is 1. The van der Waals surface area contributed by atoms with Gasteiger partial charge in [-0.2, -0.15) is 0 Å². The first-order valence-corrected chi connectivity index (χ1v) is 6.62. The summed E-state index contributed by atoms with van der Waals surface area (Å²) in [6.07, 6.45) is 0.234. The molecule has 2 amide bonds. The van der Waals surface area contributed by atoms with Crippen molar-refractivity contribution in [2.24, 2.45) is 10.4 Å². The minimum Gasteiger partial charge on any atom is -0.353 e. The Morgan fingerprint density at radius 3 is 2.65 bits per heavy atom. The fourth-order valence-corrected chi connectivity index (χ4v) is 2.75. The molecule has 2 aliphatic rings. The lowest BCUT2D eigenvalue weighted by molar-refractivity contribution is -0.137. The van der Waals surface area contributed by atoms with Crippen LogP contribution in [0.25, 0.3) is 0 Å². The molecule has 0 aromatic rings. The van der Waals surface area contributed by atoms with Crippen LogP contribution in [-0.4, -0.2) is 47.3 Å². The average Bonchev–Trinajstić information content (AvgIpc) is 2.50. The highest BCUT2D eigenvalue weighted by Gasteiger charge is 2.37. The van der Waals surface area contributed by atoms with Gasteiger partial charge in [0.25, 0.3) is 5.91 Å². The second-order valence-electron chi connectivity index (χ2n) is 5.27. The third-order valence-electron chi connectivity index (χ3n) is 2.93. The predicted molar refractivity (Wildman–Crippen MR) is 67.9 cm³/mol. The largest absolute Gasteiger partial charge is 0.353 e. The van der Waals surface area contributed by atoms with Gasteiger partial charge < -0.3 is 5.32 Å². The van der Waals surface area contributed by atoms with E-state index >= 15 is 0 Å². The van der Waals surface area contributed by atoms with Crippen LogP contribution in [-0.2, 0) is 9.59 Å². The number of thioether (sulfide) groups is 1. The SMILES string of the molecule is CN1C(=O)CC(NC2=NCC(C)(C)CS2)C1=O. The molecule has 0 radical (unpaired) electrons. The van der Waals surface area contributed by atoms with E-state index < -0.39 is 6.04 Å². The zero-order valence-electron chi connectivity index (χ0n) is 10.3. The number of imide groups is 1. The van der Waals surface area contributed by atoms with Crippen LogP contribution in [0, 0.1) is 5.41 Å². The molecule has 2 rings (SSSR count). The van der Waals surface area contributed by atoms with Gasteiger partial charge in [-0.1, -0.05) is 25.6 Å². The Kier molecular flexibility index (Phi) is 3.16. The van der Waals surface area contributed by atoms with Crippen LogP contribution in [0.15, 0.2) is 4.99 Å². The molecule has 1 saturated heterocycles. The number of nitrogens with one attached hydrogen (secondary N) is 1. The van der Waals surface area contributed by atoms with Gasteiger partial charge in [-0.15, -0.1) is 0 Å². The molecule has 0 aromatic carbocycles. The zero-order valence-corrected chi connectivity index (χ0v) is 11.1. The van der Waals surface area contributed by atoms with Gasteiger partial charge in [-0.25, -0.2) is 0 Å². The Bertz CT molecular complexity index is 392. The predicted octanol–water partition coefficient (Wildman–Crippen LogP) is 0.462. The molecular weight excluding hydrogens is 238 g/mol. The van der Waals surface area contributed by atoms with Crippen molar-refractivity contribution in [1.29, 1.82) is 0 Å². The molecule has 0 saturated carbocycles. The summed E-state index contributed by atoms with van der Waals surface area (Å²) in [6.45, 7) is 5.09. The lowest BCUT2D eigenvalue weighted by Crippen LogP contribution is -2.41. The van der Waals surface area contributed by atoms with Crippen molar-refractivity contribution in [3.63, 3.8) is 0 Å². The molecule has 94 valence electrons. The molecule has 0 bridgehead atoms. The molecule has 6 heteroatoms. The maximum absolute atomic E-state index is 11.7. The van der Waals surface area contributed by atoms with E-state index in [1.807, 2.05) is 0 Å². The molecule has 0 spiro atoms. The summed E-state index contributed by atoms with van der Waals surface area (Å²) < 4.78 is 0. The molecule has 2 aliphatic heterocycles. The summed E-state index contributed by atoms with van der Waals surface area (Å²) >= 11 is 1.62. The first kappa shape index (κ1) is 12.4. The summed E-state index contributed by atoms with van der Waals surface area (Å²) in [5.41, 5.74) is 0.210. The van der Waals surface area contributed by atoms with Crippen LogP contribution in [0.1, 0.15) is 20.3 Å². The van der Waals surface area contributed by atoms with Crippen LogP contribution in [0.2, 0.25) is 0 Å². The molecule has 1 N–H and O–H groups in total. The summed E-state index contributed by atoms with van der Waals surface area (Å²) in [5.74, 6) is 0.682. The minimum absolute atomic E-state index is 0.130. The molecule has 1 fully saturated rings. The second-order valence-corrected chi connectivity index (χ2v) is 6.23. The van der Waals surface area contributed by atoms with Crippen molar-refractivity contribution in [3.05, 3.63) is 0 Å². The number of likely N-dealkylation sites (tertiary alicyclic amines) is 1. The van der Waals surface area contributed by atoms with Crippen molar-refractivity contribution in [1.82, 2.24) is 10.2 Å². The highest BCUT2D eigenvalue weighted by Crippen LogP contribution is 2.27. The van der Waals surface area contributed by atoms with E-state index in [0.717, 1.165) is 17.5 Å². The maximum atomic E-state index is 11.7. The van der Waals surface area contributed by atoms with Gasteiger partial charge in [-0.05, 0) is 5.41 Å². The highest BCUT2D eigenvalue weighted by molar-refractivity contribution is 8.13. The Morgan fingerprint density at radius 2 is 2.18 bits per heavy atom. The molecule has 1 unspecified atom stereocenters. The number of amides is 2. The van der Waals surface area contributed by atoms with Crippen LogP contribution in [0.4, 0.5) is 0 Å². The quantitative estimate of drug-likeness (QED) is 0.692. The number of rotatable bonds is 1. The van der Waals surface area contributed by atoms with Crippen molar-refractivity contribution in [2.75, 3.05) is 19.3 Å². The van der Waals surface area contributed by atoms with Crippen LogP contribution >= 0.6 is 11.8 Å². The summed E-state index contributed by atoms with van der Waals surface area (Å²) in [7, 11) is 1.52. The lowest BCUT2D eigenvalue weighted by Gasteiger charge is -2.28. The third-order valence-corrected chi connectivity index (χ3v) is 4.38. The standard InChI is InChI=1S/C11H17N3O2S/c1-11(2)5-12-10(17-6-11)13-7-4-8(15)14(3)9(7)16/h7H,4-6H2,1-3H3,(H,12,13). The Balaban J connectivity index is 1.97. The molecule has 0 aromatic heterocycles. The van der Waals surface area contributed by atoms with Gasteiger partial charge in [0.05, 0.1) is 6.42 Å². The van der Waals surface area contributed by atoms with Crippen LogP contribution in [0.5, 0.6) is 0 Å². The Hall–Kier alpha value is -1.04. The fraction of sp³-hybridized carbons (Fsp3) is 0.727. The van der Waals surface area contributed by atoms with Crippen molar-refractivity contribution in [2.45, 2.75) is 26.3 Å². The molecule has 0 aliphatic carbocycles. The summed E-state index contributed by atoms with van der Waals surface area (Å²) in [5, 5.41) is 3.85. The first-order chi connectivity index (χ1) is 7.89. The van der Waals surface area contributed by atoms with E-state index in [-0.39, 0.29) is 23.7 Å². The number of nitrogens with zero attached hydrogens (tertiary/aromatic N) is 2. The van der Waals surface area contributed by atoms with Crippen LogP contribution in [0.3, 0.4) is 0 Å². The van der Waals surface area contributed by atoms with Gasteiger partial charge in [0, 0.05) is 19.3 Å². The lowest BCUT2D eigenvalue weighted by atomic mass is 9.97. The average molecular weight is 255 g/mol. The van der Waals surface area contributed by atoms with Gasteiger partial charge in [0.15, 0.2) is 5.17 Å². The topological polar surface area (TPSA) is 61.8 Å². The van der Waals surface area contributed by atoms with E-state index in [0.29, 0.717) is 0 Å². The molecule has 17 heavy (non-hydrogen) atoms. The van der Waals surface area contributed by atoms with E-state index in [9.17, 15) is 9.59 Å². The third kappa shape index (κ3) is 2.62. The molecule has 5 nitrogen and oxygen atoms in total. The number of carbonyl (C=O) groups is 2. The van der Waals surface area contributed by atoms with Crippen molar-refractivity contribution >= 4 is 28.7 Å². The Labute approximate surface area is 105 Å². The molecule has 1 atom stereocenters. The number of carbonyl (C=O) groups excluding carboxylic acids is 2. The van der Waals surface area contributed by atoms with Gasteiger partial charge >= 0.3 is 0 Å². The number of hydrogen-bond acceptors (Lipinski definition) is 5. The highest BCUT2D eigenvalue weighted by atomic mass is 32.2. The molecule has 2 heterocycles. The molecular formula is C11H17N3O2S. The van der Waals surface area contributed by atoms with E-state index in [1.54, 1.807) is 11.8 Å². The van der Waals surface area contributed by atoms with Gasteiger partial charge in [0.1, 0.15) is 6.04 Å². The van der Waals surface area contributed by atoms with Crippen molar-refractivity contribution in [3.8, 4) is 0 Å². The van der Waals surface area contributed by atoms with Gasteiger partial charge in [0.2, 0.25) is 5.91 Å². The number of amidine groups is 1. The maximum Gasteiger partial charge on any atom is 0.251 e. The smallest absolute Gasteiger partial charge is 0.251 e. The van der Waals surface area contributed by atoms with E-state index in [4.69, 9.17) is 0 Å². The number of likely N-dealkylation sites (N-methyl/N-ethyl adjacent to an activating group) is 1.